The molecule has 4 rings (SSSR count). The first-order chi connectivity index (χ1) is 17.8. The van der Waals surface area contributed by atoms with Gasteiger partial charge in [0, 0.05) is 39.2 Å². The van der Waals surface area contributed by atoms with Crippen LogP contribution in [0, 0.1) is 35.5 Å². The maximum atomic E-state index is 11.9. The number of hydrogen-bond acceptors (Lipinski definition) is 6. The van der Waals surface area contributed by atoms with Gasteiger partial charge in [0.15, 0.2) is 0 Å². The van der Waals surface area contributed by atoms with E-state index in [1.54, 1.807) is 0 Å². The first-order valence-electron chi connectivity index (χ1n) is 14.8. The molecule has 2 amide bonds. The van der Waals surface area contributed by atoms with E-state index >= 15 is 0 Å². The number of likely N-dealkylation sites (tertiary alicyclic amines) is 2. The average Bonchev–Trinajstić information content (AvgIpc) is 3.75. The summed E-state index contributed by atoms with van der Waals surface area (Å²) >= 11 is 0. The van der Waals surface area contributed by atoms with E-state index in [9.17, 15) is 14.4 Å². The van der Waals surface area contributed by atoms with Gasteiger partial charge in [0.2, 0.25) is 0 Å². The highest BCUT2D eigenvalue weighted by Gasteiger charge is 2.44. The summed E-state index contributed by atoms with van der Waals surface area (Å²) in [6.45, 7) is 14.9. The van der Waals surface area contributed by atoms with Gasteiger partial charge in [-0.2, -0.15) is 0 Å². The summed E-state index contributed by atoms with van der Waals surface area (Å²) in [5.41, 5.74) is -0.823. The number of rotatable bonds is 6. The fourth-order valence-corrected chi connectivity index (χ4v) is 6.26. The van der Waals surface area contributed by atoms with Gasteiger partial charge in [-0.15, -0.1) is 0 Å². The number of piperidine rings is 2. The molecule has 2 saturated carbocycles. The smallest absolute Gasteiger partial charge is 0.410 e. The van der Waals surface area contributed by atoms with Crippen LogP contribution in [-0.4, -0.2) is 77.4 Å². The summed E-state index contributed by atoms with van der Waals surface area (Å²) in [6.07, 6.45) is 9.12. The average molecular weight is 537 g/mol. The molecule has 218 valence electrons. The zero-order chi connectivity index (χ0) is 28.1. The summed E-state index contributed by atoms with van der Waals surface area (Å²) in [7, 11) is 0. The Bertz CT molecular complexity index is 788. The van der Waals surface area contributed by atoms with Crippen molar-refractivity contribution in [1.29, 1.82) is 0 Å². The van der Waals surface area contributed by atoms with Crippen LogP contribution in [-0.2, 0) is 14.3 Å². The molecule has 0 spiro atoms. The molecule has 2 saturated heterocycles. The van der Waals surface area contributed by atoms with E-state index in [2.05, 4.69) is 0 Å². The molecule has 4 aliphatic rings. The van der Waals surface area contributed by atoms with Crippen molar-refractivity contribution >= 4 is 18.5 Å². The Morgan fingerprint density at radius 1 is 0.763 bits per heavy atom. The Morgan fingerprint density at radius 2 is 1.16 bits per heavy atom. The zero-order valence-electron chi connectivity index (χ0n) is 24.6. The third-order valence-corrected chi connectivity index (χ3v) is 8.45. The largest absolute Gasteiger partial charge is 0.444 e. The molecule has 38 heavy (non-hydrogen) atoms. The van der Waals surface area contributed by atoms with E-state index in [4.69, 9.17) is 14.6 Å². The maximum absolute atomic E-state index is 11.9. The topological polar surface area (TPSA) is 96.4 Å². The third kappa shape index (κ3) is 9.73. The van der Waals surface area contributed by atoms with E-state index in [-0.39, 0.29) is 12.2 Å². The van der Waals surface area contributed by atoms with Crippen molar-refractivity contribution in [3.63, 3.8) is 0 Å². The van der Waals surface area contributed by atoms with Crippen molar-refractivity contribution in [1.82, 2.24) is 9.80 Å². The molecular weight excluding hydrogens is 484 g/mol. The third-order valence-electron chi connectivity index (χ3n) is 8.45. The summed E-state index contributed by atoms with van der Waals surface area (Å²) in [6, 6.07) is 0. The van der Waals surface area contributed by atoms with Gasteiger partial charge in [0.25, 0.3) is 0 Å². The van der Waals surface area contributed by atoms with Gasteiger partial charge in [-0.25, -0.2) is 9.59 Å². The molecule has 4 fully saturated rings. The van der Waals surface area contributed by atoms with E-state index in [0.29, 0.717) is 18.4 Å². The Balaban J connectivity index is 0.000000211. The van der Waals surface area contributed by atoms with E-state index < -0.39 is 11.2 Å². The number of carbonyl (C=O) groups is 3. The number of ether oxygens (including phenoxy) is 2. The van der Waals surface area contributed by atoms with Crippen LogP contribution < -0.4 is 0 Å². The van der Waals surface area contributed by atoms with Crippen LogP contribution in [0.4, 0.5) is 9.59 Å². The van der Waals surface area contributed by atoms with E-state index in [0.717, 1.165) is 94.7 Å². The predicted molar refractivity (Wildman–Crippen MR) is 147 cm³/mol. The quantitative estimate of drug-likeness (QED) is 0.450. The molecule has 0 aromatic rings. The number of aliphatic hydroxyl groups is 1. The van der Waals surface area contributed by atoms with Crippen molar-refractivity contribution in [2.45, 2.75) is 104 Å². The molecule has 0 bridgehead atoms. The molecule has 2 heterocycles. The minimum absolute atomic E-state index is 0.173. The molecule has 1 N–H and O–H groups in total. The summed E-state index contributed by atoms with van der Waals surface area (Å²) in [5.74, 6) is 4.33. The molecule has 0 aromatic carbocycles. The van der Waals surface area contributed by atoms with Crippen LogP contribution in [0.5, 0.6) is 0 Å². The van der Waals surface area contributed by atoms with Gasteiger partial charge in [0.1, 0.15) is 17.5 Å². The van der Waals surface area contributed by atoms with Gasteiger partial charge in [-0.1, -0.05) is 0 Å². The number of amides is 2. The number of aldehydes is 1. The Kier molecular flexibility index (Phi) is 10.5. The normalized spacial score (nSPS) is 28.2. The zero-order valence-corrected chi connectivity index (χ0v) is 24.6. The Labute approximate surface area is 229 Å². The number of aliphatic hydroxyl groups excluding tert-OH is 1. The lowest BCUT2D eigenvalue weighted by atomic mass is 9.91. The van der Waals surface area contributed by atoms with Crippen LogP contribution in [0.25, 0.3) is 0 Å². The fraction of sp³-hybridized carbons (Fsp3) is 0.900. The highest BCUT2D eigenvalue weighted by atomic mass is 16.6. The molecule has 8 heteroatoms. The number of carbonyl (C=O) groups excluding carboxylic acids is 3. The SMILES string of the molecule is CC(C)(C)OC(=O)N1CCC([C@H]2C[C@@H]2CC=O)CC1.CC(C)(C)OC(=O)N1CCC([C@H]2C[C@@H]2CCO)CC1. The molecule has 0 unspecified atom stereocenters. The minimum Gasteiger partial charge on any atom is -0.444 e. The van der Waals surface area contributed by atoms with E-state index in [1.165, 1.54) is 12.8 Å². The van der Waals surface area contributed by atoms with Gasteiger partial charge in [-0.3, -0.25) is 0 Å². The van der Waals surface area contributed by atoms with Crippen molar-refractivity contribution < 1.29 is 29.0 Å². The van der Waals surface area contributed by atoms with Crippen LogP contribution in [0.3, 0.4) is 0 Å². The van der Waals surface area contributed by atoms with Crippen LogP contribution in [0.15, 0.2) is 0 Å². The Hall–Kier alpha value is -1.83. The first-order valence-corrected chi connectivity index (χ1v) is 14.8. The molecule has 0 aromatic heterocycles. The molecular formula is C30H52N2O6. The highest BCUT2D eigenvalue weighted by molar-refractivity contribution is 5.68. The lowest BCUT2D eigenvalue weighted by Crippen LogP contribution is -2.42. The second kappa shape index (κ2) is 13.0. The monoisotopic (exact) mass is 536 g/mol. The van der Waals surface area contributed by atoms with E-state index in [1.807, 2.05) is 51.3 Å². The lowest BCUT2D eigenvalue weighted by molar-refractivity contribution is -0.108. The van der Waals surface area contributed by atoms with Crippen molar-refractivity contribution in [2.24, 2.45) is 35.5 Å². The van der Waals surface area contributed by atoms with Crippen LogP contribution in [0.2, 0.25) is 0 Å². The number of hydrogen-bond donors (Lipinski definition) is 1. The second-order valence-electron chi connectivity index (χ2n) is 13.8. The van der Waals surface area contributed by atoms with Gasteiger partial charge >= 0.3 is 12.2 Å². The van der Waals surface area contributed by atoms with Gasteiger partial charge in [-0.05, 0) is 122 Å². The predicted octanol–water partition coefficient (Wildman–Crippen LogP) is 5.51. The molecule has 2 aliphatic heterocycles. The lowest BCUT2D eigenvalue weighted by Gasteiger charge is -2.33. The maximum Gasteiger partial charge on any atom is 0.410 e. The second-order valence-corrected chi connectivity index (χ2v) is 13.8. The number of nitrogens with zero attached hydrogens (tertiary/aromatic N) is 2. The standard InChI is InChI=1S/C15H27NO3.C15H25NO3/c2*1-15(2,3)19-14(18)16-7-4-11(5-8-16)13-10-12(13)6-9-17/h11-13,17H,4-10H2,1-3H3;9,11-13H,4-8,10H2,1-3H3/t2*12-,13+/m00/s1. The summed E-state index contributed by atoms with van der Waals surface area (Å²) in [5, 5.41) is 8.95. The van der Waals surface area contributed by atoms with Gasteiger partial charge < -0.3 is 29.2 Å². The molecule has 0 radical (unpaired) electrons. The van der Waals surface area contributed by atoms with Crippen molar-refractivity contribution in [2.75, 3.05) is 32.8 Å². The van der Waals surface area contributed by atoms with Crippen molar-refractivity contribution in [3.05, 3.63) is 0 Å². The van der Waals surface area contributed by atoms with Gasteiger partial charge in [0.05, 0.1) is 0 Å². The van der Waals surface area contributed by atoms with Crippen molar-refractivity contribution in [3.8, 4) is 0 Å². The summed E-state index contributed by atoms with van der Waals surface area (Å²) < 4.78 is 10.8. The minimum atomic E-state index is -0.417. The molecule has 2 aliphatic carbocycles. The summed E-state index contributed by atoms with van der Waals surface area (Å²) in [4.78, 5) is 38.0. The molecule has 8 nitrogen and oxygen atoms in total. The van der Waals surface area contributed by atoms with Crippen LogP contribution >= 0.6 is 0 Å². The Morgan fingerprint density at radius 3 is 1.53 bits per heavy atom. The highest BCUT2D eigenvalue weighted by Crippen LogP contribution is 2.50. The first kappa shape index (κ1) is 30.7. The molecule has 4 atom stereocenters. The fourth-order valence-electron chi connectivity index (χ4n) is 6.26. The van der Waals surface area contributed by atoms with Crippen LogP contribution in [0.1, 0.15) is 92.9 Å².